The van der Waals surface area contributed by atoms with E-state index in [4.69, 9.17) is 9.73 Å². The van der Waals surface area contributed by atoms with Gasteiger partial charge in [0.25, 0.3) is 0 Å². The van der Waals surface area contributed by atoms with Crippen LogP contribution in [0.5, 0.6) is 0 Å². The van der Waals surface area contributed by atoms with E-state index < -0.39 is 5.92 Å². The molecule has 3 unspecified atom stereocenters. The molecule has 0 saturated carbocycles. The average molecular weight is 430 g/mol. The summed E-state index contributed by atoms with van der Waals surface area (Å²) in [6.07, 6.45) is 9.18. The molecule has 4 heteroatoms. The first-order valence-electron chi connectivity index (χ1n) is 11.9. The van der Waals surface area contributed by atoms with Crippen LogP contribution in [0.25, 0.3) is 0 Å². The topological polar surface area (TPSA) is 55.7 Å². The minimum Gasteiger partial charge on any atom is -0.463 e. The second-order valence-corrected chi connectivity index (χ2v) is 9.32. The molecule has 31 heavy (non-hydrogen) atoms. The Morgan fingerprint density at radius 2 is 1.84 bits per heavy atom. The van der Waals surface area contributed by atoms with E-state index in [0.717, 1.165) is 29.8 Å². The van der Waals surface area contributed by atoms with Crippen molar-refractivity contribution >= 4 is 17.5 Å². The molecule has 0 saturated heterocycles. The van der Waals surface area contributed by atoms with Gasteiger partial charge < -0.3 is 4.74 Å². The Hall–Kier alpha value is -1.97. The van der Waals surface area contributed by atoms with E-state index in [1.54, 1.807) is 0 Å². The summed E-state index contributed by atoms with van der Waals surface area (Å²) in [5, 5.41) is 0. The molecule has 1 aliphatic rings. The van der Waals surface area contributed by atoms with Crippen LogP contribution < -0.4 is 0 Å². The molecule has 0 fully saturated rings. The van der Waals surface area contributed by atoms with E-state index >= 15 is 0 Å². The van der Waals surface area contributed by atoms with E-state index in [1.165, 1.54) is 0 Å². The highest BCUT2D eigenvalue weighted by molar-refractivity contribution is 6.08. The first kappa shape index (κ1) is 27.1. The Morgan fingerprint density at radius 3 is 2.32 bits per heavy atom. The van der Waals surface area contributed by atoms with Crippen LogP contribution >= 0.6 is 0 Å². The number of ketones is 1. The number of rotatable bonds is 11. The summed E-state index contributed by atoms with van der Waals surface area (Å²) in [6, 6.07) is 0. The molecule has 0 N–H and O–H groups in total. The number of carbonyl (C=O) groups is 2. The molecule has 1 aliphatic heterocycles. The summed E-state index contributed by atoms with van der Waals surface area (Å²) in [5.74, 6) is -0.772. The number of aliphatic imine (C=N–C) groups is 1. The second-order valence-electron chi connectivity index (χ2n) is 9.32. The monoisotopic (exact) mass is 429 g/mol. The molecule has 0 aromatic heterocycles. The van der Waals surface area contributed by atoms with Crippen LogP contribution in [0.1, 0.15) is 88.0 Å². The first-order chi connectivity index (χ1) is 14.6. The molecule has 0 spiro atoms. The van der Waals surface area contributed by atoms with Crippen LogP contribution in [-0.4, -0.2) is 24.1 Å². The molecule has 0 amide bonds. The average Bonchev–Trinajstić information content (AvgIpc) is 2.72. The number of nitrogens with zero attached hydrogens (tertiary/aromatic N) is 1. The van der Waals surface area contributed by atoms with Gasteiger partial charge in [0.15, 0.2) is 0 Å². The fourth-order valence-corrected chi connectivity index (χ4v) is 4.18. The third-order valence-corrected chi connectivity index (χ3v) is 6.55. The van der Waals surface area contributed by atoms with Gasteiger partial charge in [0.2, 0.25) is 0 Å². The standard InChI is InChI=1S/C27H43NO3/c1-10-18(6)15-16-20(11-2)24-23(22(29)17-27(8,9)13-4)19(7)28-21(12-3)25(24)26(30)31-14-5/h10,15-16,20,23-24H,11-14,17H2,1-9H3. The molecule has 0 bridgehead atoms. The van der Waals surface area contributed by atoms with Crippen molar-refractivity contribution in [2.24, 2.45) is 28.2 Å². The summed E-state index contributed by atoms with van der Waals surface area (Å²) in [5.41, 5.74) is 3.25. The summed E-state index contributed by atoms with van der Waals surface area (Å²) in [7, 11) is 0. The maximum absolute atomic E-state index is 13.6. The van der Waals surface area contributed by atoms with E-state index in [2.05, 4.69) is 52.8 Å². The van der Waals surface area contributed by atoms with Crippen molar-refractivity contribution < 1.29 is 14.3 Å². The Bertz CT molecular complexity index is 767. The van der Waals surface area contributed by atoms with Crippen molar-refractivity contribution in [1.29, 1.82) is 0 Å². The van der Waals surface area contributed by atoms with Gasteiger partial charge in [-0.25, -0.2) is 4.79 Å². The van der Waals surface area contributed by atoms with Gasteiger partial charge >= 0.3 is 5.97 Å². The van der Waals surface area contributed by atoms with Crippen molar-refractivity contribution in [2.45, 2.75) is 88.0 Å². The van der Waals surface area contributed by atoms with Crippen molar-refractivity contribution in [3.63, 3.8) is 0 Å². The Balaban J connectivity index is 3.64. The minimum atomic E-state index is -0.402. The van der Waals surface area contributed by atoms with Crippen LogP contribution in [0.15, 0.2) is 40.1 Å². The lowest BCUT2D eigenvalue weighted by atomic mass is 9.67. The molecular weight excluding hydrogens is 386 g/mol. The Morgan fingerprint density at radius 1 is 1.19 bits per heavy atom. The summed E-state index contributed by atoms with van der Waals surface area (Å²) in [4.78, 5) is 31.5. The molecule has 174 valence electrons. The van der Waals surface area contributed by atoms with E-state index in [0.29, 0.717) is 25.0 Å². The molecule has 3 atom stereocenters. The minimum absolute atomic E-state index is 0.0417. The number of esters is 1. The highest BCUT2D eigenvalue weighted by Gasteiger charge is 2.44. The lowest BCUT2D eigenvalue weighted by Gasteiger charge is -2.37. The number of allylic oxidation sites excluding steroid dienone is 5. The van der Waals surface area contributed by atoms with E-state index in [1.807, 2.05) is 27.7 Å². The summed E-state index contributed by atoms with van der Waals surface area (Å²) >= 11 is 0. The van der Waals surface area contributed by atoms with Gasteiger partial charge in [-0.2, -0.15) is 0 Å². The highest BCUT2D eigenvalue weighted by atomic mass is 16.5. The lowest BCUT2D eigenvalue weighted by molar-refractivity contribution is -0.139. The number of ether oxygens (including phenoxy) is 1. The number of carbonyl (C=O) groups excluding carboxylic acids is 2. The number of Topliss-reactive ketones (excluding diaryl/α,β-unsaturated/α-hetero) is 1. The van der Waals surface area contributed by atoms with E-state index in [9.17, 15) is 9.59 Å². The molecule has 1 heterocycles. The zero-order valence-corrected chi connectivity index (χ0v) is 21.2. The molecule has 4 nitrogen and oxygen atoms in total. The summed E-state index contributed by atoms with van der Waals surface area (Å²) in [6.45, 7) is 18.6. The second kappa shape index (κ2) is 12.2. The van der Waals surface area contributed by atoms with Crippen molar-refractivity contribution in [3.8, 4) is 0 Å². The SMILES string of the molecule is CC=C(C)C=CC(CC)C1C(C(=O)OCC)=C(CC)N=C(C)C1C(=O)CC(C)(C)CC. The Kier molecular flexibility index (Phi) is 10.6. The third kappa shape index (κ3) is 7.02. The van der Waals surface area contributed by atoms with Gasteiger partial charge in [-0.05, 0) is 51.9 Å². The van der Waals surface area contributed by atoms with Crippen molar-refractivity contribution in [1.82, 2.24) is 0 Å². The predicted octanol–water partition coefficient (Wildman–Crippen LogP) is 6.86. The van der Waals surface area contributed by atoms with Crippen molar-refractivity contribution in [3.05, 3.63) is 35.1 Å². The Labute approximate surface area is 189 Å². The van der Waals surface area contributed by atoms with Crippen LogP contribution in [0.2, 0.25) is 0 Å². The third-order valence-electron chi connectivity index (χ3n) is 6.55. The van der Waals surface area contributed by atoms with E-state index in [-0.39, 0.29) is 29.0 Å². The van der Waals surface area contributed by atoms with Gasteiger partial charge in [-0.3, -0.25) is 9.79 Å². The number of hydrogen-bond donors (Lipinski definition) is 0. The summed E-state index contributed by atoms with van der Waals surface area (Å²) < 4.78 is 5.46. The normalized spacial score (nSPS) is 21.3. The quantitative estimate of drug-likeness (QED) is 0.266. The van der Waals surface area contributed by atoms with Crippen LogP contribution in [-0.2, 0) is 14.3 Å². The molecule has 0 aromatic rings. The van der Waals surface area contributed by atoms with Gasteiger partial charge in [0, 0.05) is 18.1 Å². The molecule has 1 rings (SSSR count). The fraction of sp³-hybridized carbons (Fsp3) is 0.667. The number of hydrogen-bond acceptors (Lipinski definition) is 4. The maximum Gasteiger partial charge on any atom is 0.336 e. The highest BCUT2D eigenvalue weighted by Crippen LogP contribution is 2.42. The zero-order valence-electron chi connectivity index (χ0n) is 21.2. The van der Waals surface area contributed by atoms with Crippen molar-refractivity contribution in [2.75, 3.05) is 6.61 Å². The smallest absolute Gasteiger partial charge is 0.336 e. The largest absolute Gasteiger partial charge is 0.463 e. The van der Waals surface area contributed by atoms with Crippen LogP contribution in [0.3, 0.4) is 0 Å². The maximum atomic E-state index is 13.6. The molecule has 0 aliphatic carbocycles. The molecular formula is C27H43NO3. The fourth-order valence-electron chi connectivity index (χ4n) is 4.18. The van der Waals surface area contributed by atoms with Crippen LogP contribution in [0, 0.1) is 23.2 Å². The van der Waals surface area contributed by atoms with Gasteiger partial charge in [0.05, 0.1) is 23.8 Å². The van der Waals surface area contributed by atoms with Gasteiger partial charge in [-0.15, -0.1) is 0 Å². The van der Waals surface area contributed by atoms with Crippen LogP contribution in [0.4, 0.5) is 0 Å². The molecule has 0 radical (unpaired) electrons. The van der Waals surface area contributed by atoms with Gasteiger partial charge in [0.1, 0.15) is 5.78 Å². The lowest BCUT2D eigenvalue weighted by Crippen LogP contribution is -2.41. The molecule has 0 aromatic carbocycles. The first-order valence-corrected chi connectivity index (χ1v) is 11.9. The predicted molar refractivity (Wildman–Crippen MR) is 130 cm³/mol. The zero-order chi connectivity index (χ0) is 23.8. The van der Waals surface area contributed by atoms with Gasteiger partial charge in [-0.1, -0.05) is 64.8 Å².